The molecule has 0 atom stereocenters. The lowest BCUT2D eigenvalue weighted by molar-refractivity contribution is 0.102. The number of carbonyl (C=O) groups excluding carboxylic acids is 1. The SMILES string of the molecule is CCc1ccc(C(=O)Nc2cc(C)n(Cc3ccc(Cl)c(Cl)c3)n2)cc1. The summed E-state index contributed by atoms with van der Waals surface area (Å²) in [7, 11) is 0. The van der Waals surface area contributed by atoms with E-state index >= 15 is 0 Å². The van der Waals surface area contributed by atoms with E-state index in [0.29, 0.717) is 28.0 Å². The zero-order valence-corrected chi connectivity index (χ0v) is 16.1. The van der Waals surface area contributed by atoms with E-state index < -0.39 is 0 Å². The number of aromatic nitrogens is 2. The van der Waals surface area contributed by atoms with Gasteiger partial charge < -0.3 is 5.32 Å². The van der Waals surface area contributed by atoms with Crippen LogP contribution in [0.15, 0.2) is 48.5 Å². The van der Waals surface area contributed by atoms with Gasteiger partial charge >= 0.3 is 0 Å². The molecule has 1 aromatic heterocycles. The Balaban J connectivity index is 1.72. The van der Waals surface area contributed by atoms with Crippen LogP contribution in [0, 0.1) is 6.92 Å². The van der Waals surface area contributed by atoms with Gasteiger partial charge in [-0.25, -0.2) is 0 Å². The van der Waals surface area contributed by atoms with E-state index in [2.05, 4.69) is 17.3 Å². The summed E-state index contributed by atoms with van der Waals surface area (Å²) >= 11 is 12.0. The number of halogens is 2. The summed E-state index contributed by atoms with van der Waals surface area (Å²) in [6.07, 6.45) is 0.945. The average molecular weight is 388 g/mol. The third-order valence-electron chi connectivity index (χ3n) is 4.16. The summed E-state index contributed by atoms with van der Waals surface area (Å²) in [6, 6.07) is 14.9. The Morgan fingerprint density at radius 1 is 1.04 bits per heavy atom. The summed E-state index contributed by atoms with van der Waals surface area (Å²) in [5, 5.41) is 8.35. The third kappa shape index (κ3) is 4.26. The number of anilines is 1. The molecule has 0 aliphatic rings. The molecule has 0 spiro atoms. The average Bonchev–Trinajstić information content (AvgIpc) is 2.97. The topological polar surface area (TPSA) is 46.9 Å². The summed E-state index contributed by atoms with van der Waals surface area (Å²) in [4.78, 5) is 12.4. The molecule has 134 valence electrons. The molecule has 26 heavy (non-hydrogen) atoms. The van der Waals surface area contributed by atoms with E-state index in [1.54, 1.807) is 6.07 Å². The molecule has 0 saturated heterocycles. The molecule has 0 aliphatic carbocycles. The second kappa shape index (κ2) is 7.94. The zero-order chi connectivity index (χ0) is 18.7. The van der Waals surface area contributed by atoms with Crippen LogP contribution < -0.4 is 5.32 Å². The summed E-state index contributed by atoms with van der Waals surface area (Å²) < 4.78 is 1.81. The lowest BCUT2D eigenvalue weighted by Crippen LogP contribution is -2.13. The summed E-state index contributed by atoms with van der Waals surface area (Å²) in [5.41, 5.74) is 3.73. The molecule has 1 N–H and O–H groups in total. The number of aryl methyl sites for hydroxylation is 2. The highest BCUT2D eigenvalue weighted by molar-refractivity contribution is 6.42. The number of hydrogen-bond acceptors (Lipinski definition) is 2. The van der Waals surface area contributed by atoms with Crippen molar-refractivity contribution in [1.29, 1.82) is 0 Å². The van der Waals surface area contributed by atoms with Crippen molar-refractivity contribution >= 4 is 34.9 Å². The number of hydrogen-bond donors (Lipinski definition) is 1. The molecule has 0 radical (unpaired) electrons. The van der Waals surface area contributed by atoms with Crippen LogP contribution in [-0.4, -0.2) is 15.7 Å². The Labute approximate surface area is 162 Å². The Bertz CT molecular complexity index is 933. The Morgan fingerprint density at radius 3 is 2.38 bits per heavy atom. The number of carbonyl (C=O) groups is 1. The summed E-state index contributed by atoms with van der Waals surface area (Å²) in [5.74, 6) is 0.346. The van der Waals surface area contributed by atoms with Crippen molar-refractivity contribution in [3.63, 3.8) is 0 Å². The highest BCUT2D eigenvalue weighted by Crippen LogP contribution is 2.23. The summed E-state index contributed by atoms with van der Waals surface area (Å²) in [6.45, 7) is 4.57. The molecule has 0 saturated carbocycles. The van der Waals surface area contributed by atoms with Gasteiger partial charge in [-0.2, -0.15) is 5.10 Å². The van der Waals surface area contributed by atoms with Crippen LogP contribution in [-0.2, 0) is 13.0 Å². The molecule has 4 nitrogen and oxygen atoms in total. The van der Waals surface area contributed by atoms with Crippen molar-refractivity contribution in [3.8, 4) is 0 Å². The normalized spacial score (nSPS) is 10.8. The van der Waals surface area contributed by atoms with Crippen LogP contribution >= 0.6 is 23.2 Å². The number of benzene rings is 2. The van der Waals surface area contributed by atoms with Crippen LogP contribution in [0.4, 0.5) is 5.82 Å². The maximum absolute atomic E-state index is 12.4. The molecule has 1 heterocycles. The monoisotopic (exact) mass is 387 g/mol. The fourth-order valence-electron chi connectivity index (χ4n) is 2.62. The Morgan fingerprint density at radius 2 is 1.73 bits per heavy atom. The molecule has 0 aliphatic heterocycles. The fraction of sp³-hybridized carbons (Fsp3) is 0.200. The molecule has 6 heteroatoms. The molecule has 0 bridgehead atoms. The third-order valence-corrected chi connectivity index (χ3v) is 4.90. The predicted molar refractivity (Wildman–Crippen MR) is 106 cm³/mol. The van der Waals surface area contributed by atoms with E-state index in [4.69, 9.17) is 23.2 Å². The first kappa shape index (κ1) is 18.5. The van der Waals surface area contributed by atoms with E-state index in [0.717, 1.165) is 17.7 Å². The zero-order valence-electron chi connectivity index (χ0n) is 14.6. The highest BCUT2D eigenvalue weighted by atomic mass is 35.5. The van der Waals surface area contributed by atoms with E-state index in [1.165, 1.54) is 5.56 Å². The van der Waals surface area contributed by atoms with Crippen LogP contribution in [0.3, 0.4) is 0 Å². The molecule has 0 unspecified atom stereocenters. The molecule has 3 rings (SSSR count). The molecular weight excluding hydrogens is 369 g/mol. The van der Waals surface area contributed by atoms with Gasteiger partial charge in [-0.05, 0) is 48.7 Å². The smallest absolute Gasteiger partial charge is 0.256 e. The lowest BCUT2D eigenvalue weighted by Gasteiger charge is -2.06. The van der Waals surface area contributed by atoms with Crippen molar-refractivity contribution in [1.82, 2.24) is 9.78 Å². The predicted octanol–water partition coefficient (Wildman–Crippen LogP) is 5.36. The van der Waals surface area contributed by atoms with Gasteiger partial charge in [0.05, 0.1) is 16.6 Å². The first-order valence-corrected chi connectivity index (χ1v) is 9.10. The molecular formula is C20H19Cl2N3O. The van der Waals surface area contributed by atoms with Gasteiger partial charge in [0.1, 0.15) is 0 Å². The Hall–Kier alpha value is -2.30. The number of nitrogens with zero attached hydrogens (tertiary/aromatic N) is 2. The van der Waals surface area contributed by atoms with Crippen LogP contribution in [0.1, 0.15) is 34.1 Å². The second-order valence-corrected chi connectivity index (χ2v) is 6.90. The fourth-order valence-corrected chi connectivity index (χ4v) is 2.94. The van der Waals surface area contributed by atoms with E-state index in [9.17, 15) is 4.79 Å². The van der Waals surface area contributed by atoms with Gasteiger partial charge in [-0.15, -0.1) is 0 Å². The van der Waals surface area contributed by atoms with Crippen molar-refractivity contribution in [2.75, 3.05) is 5.32 Å². The maximum Gasteiger partial charge on any atom is 0.256 e. The maximum atomic E-state index is 12.4. The molecule has 3 aromatic rings. The van der Waals surface area contributed by atoms with Crippen molar-refractivity contribution in [3.05, 3.63) is 81.0 Å². The molecule has 2 aromatic carbocycles. The van der Waals surface area contributed by atoms with Crippen molar-refractivity contribution in [2.24, 2.45) is 0 Å². The van der Waals surface area contributed by atoms with Gasteiger partial charge in [0, 0.05) is 17.3 Å². The minimum Gasteiger partial charge on any atom is -0.305 e. The lowest BCUT2D eigenvalue weighted by atomic mass is 10.1. The molecule has 0 fully saturated rings. The van der Waals surface area contributed by atoms with Gasteiger partial charge in [-0.3, -0.25) is 9.48 Å². The number of rotatable bonds is 5. The minimum absolute atomic E-state index is 0.174. The van der Waals surface area contributed by atoms with E-state index in [1.807, 2.05) is 54.1 Å². The van der Waals surface area contributed by atoms with Crippen LogP contribution in [0.2, 0.25) is 10.0 Å². The standard InChI is InChI=1S/C20H19Cl2N3O/c1-3-14-4-7-16(8-5-14)20(26)23-19-10-13(2)25(24-19)12-15-6-9-17(21)18(22)11-15/h4-11H,3,12H2,1-2H3,(H,23,24,26). The number of amides is 1. The highest BCUT2D eigenvalue weighted by Gasteiger charge is 2.11. The first-order valence-electron chi connectivity index (χ1n) is 8.35. The quantitative estimate of drug-likeness (QED) is 0.640. The largest absolute Gasteiger partial charge is 0.305 e. The van der Waals surface area contributed by atoms with Crippen molar-refractivity contribution in [2.45, 2.75) is 26.8 Å². The van der Waals surface area contributed by atoms with Gasteiger partial charge in [0.15, 0.2) is 5.82 Å². The van der Waals surface area contributed by atoms with Crippen molar-refractivity contribution < 1.29 is 4.79 Å². The van der Waals surface area contributed by atoms with E-state index in [-0.39, 0.29) is 5.91 Å². The van der Waals surface area contributed by atoms with Gasteiger partial charge in [0.2, 0.25) is 0 Å². The van der Waals surface area contributed by atoms with Gasteiger partial charge in [-0.1, -0.05) is 48.3 Å². The number of nitrogens with one attached hydrogen (secondary N) is 1. The Kier molecular flexibility index (Phi) is 5.64. The van der Waals surface area contributed by atoms with Gasteiger partial charge in [0.25, 0.3) is 5.91 Å². The second-order valence-electron chi connectivity index (χ2n) is 6.08. The minimum atomic E-state index is -0.174. The van der Waals surface area contributed by atoms with Crippen LogP contribution in [0.25, 0.3) is 0 Å². The molecule has 1 amide bonds. The van der Waals surface area contributed by atoms with Crippen LogP contribution in [0.5, 0.6) is 0 Å². The first-order chi connectivity index (χ1) is 12.5.